The van der Waals surface area contributed by atoms with Crippen molar-refractivity contribution in [1.82, 2.24) is 19.6 Å². The predicted molar refractivity (Wildman–Crippen MR) is 131 cm³/mol. The molecule has 1 aliphatic heterocycles. The van der Waals surface area contributed by atoms with Crippen molar-refractivity contribution >= 4 is 23.9 Å². The minimum atomic E-state index is -1.25. The summed E-state index contributed by atoms with van der Waals surface area (Å²) in [6.07, 6.45) is 0. The molecule has 1 saturated heterocycles. The van der Waals surface area contributed by atoms with Crippen LogP contribution in [0, 0.1) is 0 Å². The Bertz CT molecular complexity index is 917. The Balaban J connectivity index is 2.41. The lowest BCUT2D eigenvalue weighted by molar-refractivity contribution is -0.179. The molecule has 0 amide bonds. The number of hydrogen-bond acceptors (Lipinski definition) is 9. The maximum Gasteiger partial charge on any atom is 0.317 e. The van der Waals surface area contributed by atoms with Crippen molar-refractivity contribution in [2.45, 2.75) is 19.3 Å². The summed E-state index contributed by atoms with van der Waals surface area (Å²) in [6, 6.07) is 9.25. The second-order valence-electron chi connectivity index (χ2n) is 9.21. The van der Waals surface area contributed by atoms with Gasteiger partial charge in [-0.05, 0) is 12.5 Å². The molecule has 1 heterocycles. The molecule has 0 aliphatic carbocycles. The molecule has 13 nitrogen and oxygen atoms in total. The number of aliphatic carboxylic acids is 4. The molecule has 0 aromatic heterocycles. The maximum absolute atomic E-state index is 11.8. The van der Waals surface area contributed by atoms with E-state index < -0.39 is 36.1 Å². The number of carboxylic acid groups (broad SMARTS) is 4. The summed E-state index contributed by atoms with van der Waals surface area (Å²) in [5.74, 6) is -4.30. The summed E-state index contributed by atoms with van der Waals surface area (Å²) < 4.78 is 6.28. The first kappa shape index (κ1) is 30.1. The first-order chi connectivity index (χ1) is 17.5. The summed E-state index contributed by atoms with van der Waals surface area (Å²) >= 11 is 0. The summed E-state index contributed by atoms with van der Waals surface area (Å²) in [7, 11) is 0. The van der Waals surface area contributed by atoms with E-state index in [2.05, 4.69) is 0 Å². The molecule has 1 atom stereocenters. The molecule has 1 aromatic carbocycles. The Morgan fingerprint density at radius 3 is 1.62 bits per heavy atom. The first-order valence-electron chi connectivity index (χ1n) is 11.9. The largest absolute Gasteiger partial charge is 0.480 e. The van der Waals surface area contributed by atoms with Gasteiger partial charge in [0.1, 0.15) is 5.72 Å². The van der Waals surface area contributed by atoms with Gasteiger partial charge in [0.25, 0.3) is 0 Å². The predicted octanol–water partition coefficient (Wildman–Crippen LogP) is -0.521. The van der Waals surface area contributed by atoms with Crippen LogP contribution in [-0.4, -0.2) is 142 Å². The topological polar surface area (TPSA) is 171 Å². The summed E-state index contributed by atoms with van der Waals surface area (Å²) in [6.45, 7) is 1.72. The van der Waals surface area contributed by atoms with Crippen molar-refractivity contribution in [3.8, 4) is 0 Å². The molecule has 1 unspecified atom stereocenters. The fourth-order valence-corrected chi connectivity index (χ4v) is 4.27. The lowest BCUT2D eigenvalue weighted by Gasteiger charge is -2.44. The zero-order chi connectivity index (χ0) is 27.4. The van der Waals surface area contributed by atoms with Gasteiger partial charge < -0.3 is 25.2 Å². The van der Waals surface area contributed by atoms with Crippen molar-refractivity contribution in [2.75, 3.05) is 72.0 Å². The number of rotatable bonds is 11. The van der Waals surface area contributed by atoms with Crippen LogP contribution in [0.25, 0.3) is 0 Å². The fourth-order valence-electron chi connectivity index (χ4n) is 4.27. The highest BCUT2D eigenvalue weighted by Gasteiger charge is 2.37. The standard InChI is InChI=1S/C24H36N4O9/c1-24(37-17-19-5-3-2-4-6-19)18-27(15-22(33)34)10-9-25(13-20(29)30)7-8-26(14-21(31)32)11-12-28(24)16-23(35)36/h2-6H,7-18H2,1H3,(H,29,30)(H,31,32)(H,33,34)(H,35,36). The highest BCUT2D eigenvalue weighted by molar-refractivity contribution is 5.70. The van der Waals surface area contributed by atoms with Crippen LogP contribution in [0.5, 0.6) is 0 Å². The van der Waals surface area contributed by atoms with Crippen LogP contribution in [0.1, 0.15) is 12.5 Å². The molecule has 1 aliphatic rings. The highest BCUT2D eigenvalue weighted by atomic mass is 16.5. The van der Waals surface area contributed by atoms with E-state index in [4.69, 9.17) is 4.74 Å². The molecule has 13 heteroatoms. The Hall–Kier alpha value is -3.10. The van der Waals surface area contributed by atoms with E-state index in [1.54, 1.807) is 26.5 Å². The van der Waals surface area contributed by atoms with E-state index in [1.807, 2.05) is 30.3 Å². The average molecular weight is 525 g/mol. The van der Waals surface area contributed by atoms with Crippen LogP contribution in [0.2, 0.25) is 0 Å². The molecule has 206 valence electrons. The van der Waals surface area contributed by atoms with Gasteiger partial charge in [0.05, 0.1) is 32.8 Å². The summed E-state index contributed by atoms with van der Waals surface area (Å²) in [4.78, 5) is 52.7. The number of carboxylic acids is 4. The van der Waals surface area contributed by atoms with E-state index in [0.717, 1.165) is 5.56 Å². The molecule has 0 bridgehead atoms. The first-order valence-corrected chi connectivity index (χ1v) is 11.9. The third-order valence-electron chi connectivity index (χ3n) is 6.13. The molecule has 0 saturated carbocycles. The van der Waals surface area contributed by atoms with Gasteiger partial charge in [0.2, 0.25) is 0 Å². The Labute approximate surface area is 215 Å². The van der Waals surface area contributed by atoms with Gasteiger partial charge in [-0.15, -0.1) is 0 Å². The smallest absolute Gasteiger partial charge is 0.317 e. The second kappa shape index (κ2) is 14.6. The molecule has 0 spiro atoms. The number of carbonyl (C=O) groups is 4. The quantitative estimate of drug-likeness (QED) is 0.292. The van der Waals surface area contributed by atoms with Gasteiger partial charge in [0.15, 0.2) is 0 Å². The third kappa shape index (κ3) is 11.2. The molecule has 1 fully saturated rings. The monoisotopic (exact) mass is 524 g/mol. The van der Waals surface area contributed by atoms with E-state index in [9.17, 15) is 39.6 Å². The van der Waals surface area contributed by atoms with Crippen molar-refractivity contribution in [2.24, 2.45) is 0 Å². The van der Waals surface area contributed by atoms with E-state index in [-0.39, 0.29) is 72.1 Å². The molecule has 0 radical (unpaired) electrons. The molecule has 37 heavy (non-hydrogen) atoms. The minimum absolute atomic E-state index is 0.0270. The molecule has 2 rings (SSSR count). The molecule has 1 aromatic rings. The van der Waals surface area contributed by atoms with Gasteiger partial charge in [-0.3, -0.25) is 38.8 Å². The average Bonchev–Trinajstić information content (AvgIpc) is 2.80. The van der Waals surface area contributed by atoms with E-state index in [0.29, 0.717) is 0 Å². The van der Waals surface area contributed by atoms with E-state index in [1.165, 1.54) is 0 Å². The number of benzene rings is 1. The van der Waals surface area contributed by atoms with Crippen LogP contribution in [0.15, 0.2) is 30.3 Å². The lowest BCUT2D eigenvalue weighted by Crippen LogP contribution is -2.60. The van der Waals surface area contributed by atoms with Crippen LogP contribution in [-0.2, 0) is 30.5 Å². The van der Waals surface area contributed by atoms with Gasteiger partial charge in [-0.25, -0.2) is 0 Å². The zero-order valence-electron chi connectivity index (χ0n) is 21.0. The van der Waals surface area contributed by atoms with Gasteiger partial charge in [-0.1, -0.05) is 30.3 Å². The summed E-state index contributed by atoms with van der Waals surface area (Å²) in [5, 5.41) is 37.8. The zero-order valence-corrected chi connectivity index (χ0v) is 21.0. The van der Waals surface area contributed by atoms with E-state index >= 15 is 0 Å². The molecule has 4 N–H and O–H groups in total. The van der Waals surface area contributed by atoms with Crippen molar-refractivity contribution < 1.29 is 44.3 Å². The Morgan fingerprint density at radius 2 is 1.14 bits per heavy atom. The molecular formula is C24H36N4O9. The highest BCUT2D eigenvalue weighted by Crippen LogP contribution is 2.22. The van der Waals surface area contributed by atoms with Gasteiger partial charge >= 0.3 is 23.9 Å². The van der Waals surface area contributed by atoms with Crippen LogP contribution in [0.4, 0.5) is 0 Å². The third-order valence-corrected chi connectivity index (χ3v) is 6.13. The number of ether oxygens (including phenoxy) is 1. The minimum Gasteiger partial charge on any atom is -0.480 e. The normalized spacial score (nSPS) is 21.5. The number of nitrogens with zero attached hydrogens (tertiary/aromatic N) is 4. The second-order valence-corrected chi connectivity index (χ2v) is 9.21. The number of hydrogen-bond donors (Lipinski definition) is 4. The van der Waals surface area contributed by atoms with Gasteiger partial charge in [-0.2, -0.15) is 0 Å². The summed E-state index contributed by atoms with van der Waals surface area (Å²) in [5.41, 5.74) is -0.412. The lowest BCUT2D eigenvalue weighted by atomic mass is 10.1. The molecular weight excluding hydrogens is 488 g/mol. The Kier molecular flexibility index (Phi) is 11.9. The van der Waals surface area contributed by atoms with Crippen molar-refractivity contribution in [1.29, 1.82) is 0 Å². The Morgan fingerprint density at radius 1 is 0.703 bits per heavy atom. The van der Waals surface area contributed by atoms with Gasteiger partial charge in [0, 0.05) is 45.8 Å². The fraction of sp³-hybridized carbons (Fsp3) is 0.583. The van der Waals surface area contributed by atoms with Crippen molar-refractivity contribution in [3.63, 3.8) is 0 Å². The van der Waals surface area contributed by atoms with Crippen LogP contribution in [0.3, 0.4) is 0 Å². The SMILES string of the molecule is CC1(OCc2ccccc2)CN(CC(=O)O)CCN(CC(=O)O)CCN(CC(=O)O)CCN1CC(=O)O. The van der Waals surface area contributed by atoms with Crippen molar-refractivity contribution in [3.05, 3.63) is 35.9 Å². The van der Waals surface area contributed by atoms with Crippen LogP contribution >= 0.6 is 0 Å². The van der Waals surface area contributed by atoms with Crippen LogP contribution < -0.4 is 0 Å². The maximum atomic E-state index is 11.8.